The third-order valence-electron chi connectivity index (χ3n) is 3.54. The molecule has 0 saturated carbocycles. The molecule has 1 unspecified atom stereocenters. The molecular formula is C16H25N3O2. The highest BCUT2D eigenvalue weighted by Crippen LogP contribution is 2.07. The van der Waals surface area contributed by atoms with E-state index < -0.39 is 0 Å². The summed E-state index contributed by atoms with van der Waals surface area (Å²) in [5, 5.41) is 0. The maximum Gasteiger partial charge on any atom is 0.239 e. The lowest BCUT2D eigenvalue weighted by molar-refractivity contribution is -0.137. The molecule has 21 heavy (non-hydrogen) atoms. The summed E-state index contributed by atoms with van der Waals surface area (Å²) in [5.74, 6) is -0.00392. The molecule has 1 aromatic carbocycles. The molecular weight excluding hydrogens is 266 g/mol. The van der Waals surface area contributed by atoms with E-state index in [9.17, 15) is 9.59 Å². The zero-order valence-electron chi connectivity index (χ0n) is 13.5. The highest BCUT2D eigenvalue weighted by molar-refractivity contribution is 5.83. The number of hydrogen-bond donors (Lipinski definition) is 0. The minimum Gasteiger partial charge on any atom is -0.348 e. The highest BCUT2D eigenvalue weighted by Gasteiger charge is 2.23. The first-order valence-electron chi connectivity index (χ1n) is 7.02. The van der Waals surface area contributed by atoms with Gasteiger partial charge in [0.1, 0.15) is 0 Å². The topological polar surface area (TPSA) is 43.9 Å². The number of amides is 2. The van der Waals surface area contributed by atoms with Crippen LogP contribution in [0.1, 0.15) is 12.5 Å². The molecule has 116 valence electrons. The molecule has 0 N–H and O–H groups in total. The molecule has 2 amide bonds. The van der Waals surface area contributed by atoms with Crippen molar-refractivity contribution in [2.75, 3.05) is 34.7 Å². The highest BCUT2D eigenvalue weighted by atomic mass is 16.2. The Morgan fingerprint density at radius 2 is 1.62 bits per heavy atom. The summed E-state index contributed by atoms with van der Waals surface area (Å²) in [4.78, 5) is 29.1. The molecule has 1 atom stereocenters. The molecule has 5 heteroatoms. The van der Waals surface area contributed by atoms with Crippen molar-refractivity contribution in [2.45, 2.75) is 19.5 Å². The fourth-order valence-electron chi connectivity index (χ4n) is 1.93. The minimum absolute atomic E-state index is 0.00732. The van der Waals surface area contributed by atoms with E-state index in [0.29, 0.717) is 6.54 Å². The molecule has 0 aliphatic heterocycles. The van der Waals surface area contributed by atoms with Gasteiger partial charge in [-0.05, 0) is 19.5 Å². The zero-order valence-corrected chi connectivity index (χ0v) is 13.5. The third kappa shape index (κ3) is 5.19. The quantitative estimate of drug-likeness (QED) is 0.787. The number of carbonyl (C=O) groups is 2. The van der Waals surface area contributed by atoms with Crippen molar-refractivity contribution in [3.63, 3.8) is 0 Å². The zero-order chi connectivity index (χ0) is 16.0. The van der Waals surface area contributed by atoms with Crippen LogP contribution in [0.4, 0.5) is 0 Å². The van der Waals surface area contributed by atoms with Gasteiger partial charge >= 0.3 is 0 Å². The summed E-state index contributed by atoms with van der Waals surface area (Å²) in [6.45, 7) is 2.63. The van der Waals surface area contributed by atoms with Gasteiger partial charge < -0.3 is 9.80 Å². The van der Waals surface area contributed by atoms with Crippen LogP contribution in [0.5, 0.6) is 0 Å². The molecule has 0 heterocycles. The summed E-state index contributed by atoms with van der Waals surface area (Å²) in [6.07, 6.45) is 0. The van der Waals surface area contributed by atoms with E-state index in [4.69, 9.17) is 0 Å². The van der Waals surface area contributed by atoms with Crippen molar-refractivity contribution < 1.29 is 9.59 Å². The summed E-state index contributed by atoms with van der Waals surface area (Å²) in [5.41, 5.74) is 1.09. The molecule has 0 bridgehead atoms. The van der Waals surface area contributed by atoms with Crippen LogP contribution in [0.3, 0.4) is 0 Å². The van der Waals surface area contributed by atoms with Gasteiger partial charge in [0.2, 0.25) is 11.8 Å². The fraction of sp³-hybridized carbons (Fsp3) is 0.500. The number of hydrogen-bond acceptors (Lipinski definition) is 3. The number of benzene rings is 1. The first-order valence-corrected chi connectivity index (χ1v) is 7.02. The van der Waals surface area contributed by atoms with E-state index in [1.54, 1.807) is 38.0 Å². The predicted octanol–water partition coefficient (Wildman–Crippen LogP) is 1.05. The van der Waals surface area contributed by atoms with Crippen LogP contribution in [-0.2, 0) is 16.1 Å². The molecule has 0 radical (unpaired) electrons. The number of carbonyl (C=O) groups excluding carboxylic acids is 2. The molecule has 0 fully saturated rings. The molecule has 1 aromatic rings. The van der Waals surface area contributed by atoms with Gasteiger partial charge in [-0.3, -0.25) is 14.5 Å². The van der Waals surface area contributed by atoms with E-state index >= 15 is 0 Å². The predicted molar refractivity (Wildman–Crippen MR) is 83.7 cm³/mol. The summed E-state index contributed by atoms with van der Waals surface area (Å²) < 4.78 is 0. The Bertz CT molecular complexity index is 474. The maximum absolute atomic E-state index is 12.4. The molecule has 1 rings (SSSR count). The number of likely N-dealkylation sites (N-methyl/N-ethyl adjacent to an activating group) is 3. The van der Waals surface area contributed by atoms with E-state index in [1.165, 1.54) is 4.90 Å². The lowest BCUT2D eigenvalue weighted by atomic mass is 10.2. The van der Waals surface area contributed by atoms with Crippen molar-refractivity contribution in [3.8, 4) is 0 Å². The largest absolute Gasteiger partial charge is 0.348 e. The van der Waals surface area contributed by atoms with Gasteiger partial charge in [-0.2, -0.15) is 0 Å². The van der Waals surface area contributed by atoms with Gasteiger partial charge in [0.15, 0.2) is 0 Å². The maximum atomic E-state index is 12.4. The average Bonchev–Trinajstić information content (AvgIpc) is 2.46. The Balaban J connectivity index is 2.58. The van der Waals surface area contributed by atoms with Crippen molar-refractivity contribution in [1.82, 2.24) is 14.7 Å². The standard InChI is InChI=1S/C16H25N3O2/c1-13(18(4)12-15(20)17(2)3)16(21)19(5)11-14-9-7-6-8-10-14/h6-10,13H,11-12H2,1-5H3. The third-order valence-corrected chi connectivity index (χ3v) is 3.54. The lowest BCUT2D eigenvalue weighted by Crippen LogP contribution is -2.47. The first kappa shape index (κ1) is 17.2. The molecule has 0 saturated heterocycles. The van der Waals surface area contributed by atoms with E-state index in [0.717, 1.165) is 5.56 Å². The van der Waals surface area contributed by atoms with Gasteiger partial charge in [0.05, 0.1) is 12.6 Å². The Hall–Kier alpha value is -1.88. The number of nitrogens with zero attached hydrogens (tertiary/aromatic N) is 3. The van der Waals surface area contributed by atoms with E-state index in [1.807, 2.05) is 37.3 Å². The van der Waals surface area contributed by atoms with Crippen LogP contribution >= 0.6 is 0 Å². The molecule has 0 aliphatic rings. The summed E-state index contributed by atoms with van der Waals surface area (Å²) >= 11 is 0. The smallest absolute Gasteiger partial charge is 0.239 e. The molecule has 0 spiro atoms. The van der Waals surface area contributed by atoms with Gasteiger partial charge in [0, 0.05) is 27.7 Å². The minimum atomic E-state index is -0.331. The van der Waals surface area contributed by atoms with Crippen LogP contribution in [-0.4, -0.2) is 67.3 Å². The monoisotopic (exact) mass is 291 g/mol. The van der Waals surface area contributed by atoms with Crippen LogP contribution in [0.2, 0.25) is 0 Å². The van der Waals surface area contributed by atoms with Crippen LogP contribution in [0.25, 0.3) is 0 Å². The van der Waals surface area contributed by atoms with E-state index in [2.05, 4.69) is 0 Å². The van der Waals surface area contributed by atoms with Gasteiger partial charge in [0.25, 0.3) is 0 Å². The second-order valence-corrected chi connectivity index (χ2v) is 5.56. The molecule has 0 aliphatic carbocycles. The summed E-state index contributed by atoms with van der Waals surface area (Å²) in [7, 11) is 7.00. The van der Waals surface area contributed by atoms with Crippen molar-refractivity contribution in [1.29, 1.82) is 0 Å². The Labute approximate surface area is 127 Å². The van der Waals surface area contributed by atoms with Crippen LogP contribution in [0.15, 0.2) is 30.3 Å². The first-order chi connectivity index (χ1) is 9.82. The van der Waals surface area contributed by atoms with Crippen molar-refractivity contribution in [2.24, 2.45) is 0 Å². The summed E-state index contributed by atoms with van der Waals surface area (Å²) in [6, 6.07) is 9.52. The van der Waals surface area contributed by atoms with Crippen molar-refractivity contribution >= 4 is 11.8 Å². The molecule has 5 nitrogen and oxygen atoms in total. The second kappa shape index (κ2) is 7.78. The Morgan fingerprint density at radius 1 is 1.05 bits per heavy atom. The van der Waals surface area contributed by atoms with Crippen LogP contribution in [0, 0.1) is 0 Å². The van der Waals surface area contributed by atoms with Crippen LogP contribution < -0.4 is 0 Å². The Kier molecular flexibility index (Phi) is 6.37. The van der Waals surface area contributed by atoms with Gasteiger partial charge in [-0.1, -0.05) is 30.3 Å². The molecule has 0 aromatic heterocycles. The lowest BCUT2D eigenvalue weighted by Gasteiger charge is -2.28. The van der Waals surface area contributed by atoms with Gasteiger partial charge in [-0.15, -0.1) is 0 Å². The number of rotatable bonds is 6. The Morgan fingerprint density at radius 3 is 2.14 bits per heavy atom. The SMILES string of the molecule is CC(C(=O)N(C)Cc1ccccc1)N(C)CC(=O)N(C)C. The fourth-order valence-corrected chi connectivity index (χ4v) is 1.93. The van der Waals surface area contributed by atoms with Crippen molar-refractivity contribution in [3.05, 3.63) is 35.9 Å². The van der Waals surface area contributed by atoms with Gasteiger partial charge in [-0.25, -0.2) is 0 Å². The second-order valence-electron chi connectivity index (χ2n) is 5.56. The van der Waals surface area contributed by atoms with E-state index in [-0.39, 0.29) is 24.4 Å². The normalized spacial score (nSPS) is 12.1. The average molecular weight is 291 g/mol.